The van der Waals surface area contributed by atoms with Crippen LogP contribution in [0.5, 0.6) is 5.75 Å². The summed E-state index contributed by atoms with van der Waals surface area (Å²) < 4.78 is 5.37. The number of ether oxygens (including phenoxy) is 1. The van der Waals surface area contributed by atoms with Crippen LogP contribution in [-0.2, 0) is 4.79 Å². The van der Waals surface area contributed by atoms with Crippen molar-refractivity contribution in [3.63, 3.8) is 0 Å². The van der Waals surface area contributed by atoms with Crippen molar-refractivity contribution in [1.29, 1.82) is 0 Å². The maximum absolute atomic E-state index is 12.7. The lowest BCUT2D eigenvalue weighted by Crippen LogP contribution is -2.22. The Morgan fingerprint density at radius 2 is 2.00 bits per heavy atom. The molecule has 0 spiro atoms. The summed E-state index contributed by atoms with van der Waals surface area (Å²) in [7, 11) is 3.39. The summed E-state index contributed by atoms with van der Waals surface area (Å²) >= 11 is 0. The van der Waals surface area contributed by atoms with Gasteiger partial charge >= 0.3 is 0 Å². The summed E-state index contributed by atoms with van der Waals surface area (Å²) in [6.45, 7) is 0.110. The van der Waals surface area contributed by atoms with Crippen LogP contribution in [-0.4, -0.2) is 41.6 Å². The van der Waals surface area contributed by atoms with Crippen LogP contribution in [0.25, 0.3) is 22.0 Å². The van der Waals surface area contributed by atoms with Crippen LogP contribution in [0.4, 0.5) is 17.3 Å². The van der Waals surface area contributed by atoms with Crippen LogP contribution in [0.15, 0.2) is 67.1 Å². The number of hydrogen-bond acceptors (Lipinski definition) is 7. The number of nitrogens with one attached hydrogen (secondary N) is 3. The lowest BCUT2D eigenvalue weighted by molar-refractivity contribution is -0.114. The lowest BCUT2D eigenvalue weighted by Gasteiger charge is -2.14. The number of methoxy groups -OCH3 is 1. The van der Waals surface area contributed by atoms with E-state index in [-0.39, 0.29) is 12.5 Å². The molecule has 1 amide bonds. The number of amides is 1. The molecule has 0 aliphatic carbocycles. The van der Waals surface area contributed by atoms with Gasteiger partial charge in [0.25, 0.3) is 0 Å². The van der Waals surface area contributed by atoms with Crippen LogP contribution in [0, 0.1) is 0 Å². The van der Waals surface area contributed by atoms with Crippen molar-refractivity contribution in [2.75, 3.05) is 36.7 Å². The summed E-state index contributed by atoms with van der Waals surface area (Å²) in [5.74, 6) is 1.06. The number of hydrogen-bond donors (Lipinski definition) is 3. The molecule has 4 aromatic rings. The number of carbonyl (C=O) groups is 1. The van der Waals surface area contributed by atoms with Gasteiger partial charge in [-0.25, -0.2) is 9.97 Å². The van der Waals surface area contributed by atoms with Crippen molar-refractivity contribution in [2.24, 2.45) is 0 Å². The van der Waals surface area contributed by atoms with Gasteiger partial charge in [-0.3, -0.25) is 9.78 Å². The predicted molar refractivity (Wildman–Crippen MR) is 122 cm³/mol. The molecule has 0 unspecified atom stereocenters. The van der Waals surface area contributed by atoms with Gasteiger partial charge in [0.05, 0.1) is 25.0 Å². The minimum absolute atomic E-state index is 0.110. The summed E-state index contributed by atoms with van der Waals surface area (Å²) in [4.78, 5) is 25.4. The van der Waals surface area contributed by atoms with Gasteiger partial charge in [-0.2, -0.15) is 0 Å². The standard InChI is InChI=1S/C23H22N6O2/c1-24-23-26-9-7-20(29-23)16-10-15-5-6-18(31-2)12-19(15)21(11-16)28-22(30)14-27-17-4-3-8-25-13-17/h3-13,27H,14H2,1-2H3,(H,28,30)(H,24,26,29). The van der Waals surface area contributed by atoms with Crippen molar-refractivity contribution in [3.8, 4) is 17.0 Å². The number of rotatable bonds is 7. The summed E-state index contributed by atoms with van der Waals surface area (Å²) in [5, 5.41) is 10.9. The zero-order valence-electron chi connectivity index (χ0n) is 17.2. The first-order chi connectivity index (χ1) is 15.2. The molecule has 0 radical (unpaired) electrons. The van der Waals surface area contributed by atoms with E-state index in [0.29, 0.717) is 17.4 Å². The van der Waals surface area contributed by atoms with Crippen molar-refractivity contribution in [2.45, 2.75) is 0 Å². The average Bonchev–Trinajstić information content (AvgIpc) is 2.83. The molecule has 0 atom stereocenters. The Kier molecular flexibility index (Phi) is 5.89. The fourth-order valence-electron chi connectivity index (χ4n) is 3.20. The van der Waals surface area contributed by atoms with Crippen LogP contribution in [0.3, 0.4) is 0 Å². The number of anilines is 3. The average molecular weight is 414 g/mol. The molecule has 2 aromatic heterocycles. The molecule has 0 saturated heterocycles. The third-order valence-electron chi connectivity index (χ3n) is 4.73. The summed E-state index contributed by atoms with van der Waals surface area (Å²) in [5.41, 5.74) is 3.07. The second-order valence-corrected chi connectivity index (χ2v) is 6.77. The van der Waals surface area contributed by atoms with Crippen LogP contribution in [0.2, 0.25) is 0 Å². The Labute approximate surface area is 179 Å². The number of pyridine rings is 1. The minimum atomic E-state index is -0.177. The van der Waals surface area contributed by atoms with Crippen LogP contribution < -0.4 is 20.7 Å². The molecule has 156 valence electrons. The largest absolute Gasteiger partial charge is 0.497 e. The Balaban J connectivity index is 1.68. The fraction of sp³-hybridized carbons (Fsp3) is 0.130. The Hall–Kier alpha value is -4.20. The summed E-state index contributed by atoms with van der Waals surface area (Å²) in [6, 6.07) is 15.2. The lowest BCUT2D eigenvalue weighted by atomic mass is 10.0. The fourth-order valence-corrected chi connectivity index (χ4v) is 3.20. The molecule has 0 aliphatic rings. The van der Waals surface area contributed by atoms with Gasteiger partial charge < -0.3 is 20.7 Å². The number of carbonyl (C=O) groups excluding carboxylic acids is 1. The first kappa shape index (κ1) is 20.1. The molecular formula is C23H22N6O2. The van der Waals surface area contributed by atoms with E-state index in [2.05, 4.69) is 30.9 Å². The van der Waals surface area contributed by atoms with E-state index >= 15 is 0 Å². The normalized spacial score (nSPS) is 10.5. The molecule has 2 heterocycles. The molecule has 3 N–H and O–H groups in total. The highest BCUT2D eigenvalue weighted by atomic mass is 16.5. The highest BCUT2D eigenvalue weighted by Crippen LogP contribution is 2.33. The second-order valence-electron chi connectivity index (χ2n) is 6.77. The SMILES string of the molecule is CNc1nccc(-c2cc(NC(=O)CNc3cccnc3)c3cc(OC)ccc3c2)n1. The van der Waals surface area contributed by atoms with Gasteiger partial charge in [0.1, 0.15) is 5.75 Å². The van der Waals surface area contributed by atoms with E-state index in [1.165, 1.54) is 0 Å². The maximum atomic E-state index is 12.7. The van der Waals surface area contributed by atoms with Gasteiger partial charge in [-0.1, -0.05) is 6.07 Å². The molecule has 8 nitrogen and oxygen atoms in total. The molecule has 0 fully saturated rings. The number of nitrogens with zero attached hydrogens (tertiary/aromatic N) is 3. The highest BCUT2D eigenvalue weighted by molar-refractivity contribution is 6.05. The van der Waals surface area contributed by atoms with Gasteiger partial charge in [-0.05, 0) is 47.9 Å². The Morgan fingerprint density at radius 3 is 2.77 bits per heavy atom. The smallest absolute Gasteiger partial charge is 0.243 e. The third-order valence-corrected chi connectivity index (χ3v) is 4.73. The van der Waals surface area contributed by atoms with E-state index in [9.17, 15) is 4.79 Å². The van der Waals surface area contributed by atoms with Crippen LogP contribution >= 0.6 is 0 Å². The molecule has 0 bridgehead atoms. The van der Waals surface area contributed by atoms with E-state index in [0.717, 1.165) is 27.7 Å². The Morgan fingerprint density at radius 1 is 1.10 bits per heavy atom. The third kappa shape index (κ3) is 4.69. The Bertz CT molecular complexity index is 1210. The topological polar surface area (TPSA) is 101 Å². The maximum Gasteiger partial charge on any atom is 0.243 e. The zero-order chi connectivity index (χ0) is 21.6. The second kappa shape index (κ2) is 9.08. The van der Waals surface area contributed by atoms with Crippen molar-refractivity contribution in [1.82, 2.24) is 15.0 Å². The molecule has 8 heteroatoms. The van der Waals surface area contributed by atoms with E-state index < -0.39 is 0 Å². The zero-order valence-corrected chi connectivity index (χ0v) is 17.2. The summed E-state index contributed by atoms with van der Waals surface area (Å²) in [6.07, 6.45) is 5.05. The van der Waals surface area contributed by atoms with Gasteiger partial charge in [0, 0.05) is 42.3 Å². The minimum Gasteiger partial charge on any atom is -0.497 e. The van der Waals surface area contributed by atoms with E-state index in [4.69, 9.17) is 4.74 Å². The predicted octanol–water partition coefficient (Wildman–Crippen LogP) is 3.79. The number of aromatic nitrogens is 3. The molecule has 31 heavy (non-hydrogen) atoms. The van der Waals surface area contributed by atoms with Crippen LogP contribution in [0.1, 0.15) is 0 Å². The van der Waals surface area contributed by atoms with E-state index in [1.807, 2.05) is 48.5 Å². The van der Waals surface area contributed by atoms with Crippen molar-refractivity contribution in [3.05, 3.63) is 67.1 Å². The highest BCUT2D eigenvalue weighted by Gasteiger charge is 2.12. The first-order valence-corrected chi connectivity index (χ1v) is 9.73. The quantitative estimate of drug-likeness (QED) is 0.423. The molecule has 0 saturated carbocycles. The number of fused-ring (bicyclic) bond motifs is 1. The molecule has 2 aromatic carbocycles. The first-order valence-electron chi connectivity index (χ1n) is 9.73. The molecular weight excluding hydrogens is 392 g/mol. The van der Waals surface area contributed by atoms with E-state index in [1.54, 1.807) is 32.7 Å². The molecule has 4 rings (SSSR count). The monoisotopic (exact) mass is 414 g/mol. The van der Waals surface area contributed by atoms with Crippen molar-refractivity contribution < 1.29 is 9.53 Å². The van der Waals surface area contributed by atoms with Gasteiger partial charge in [-0.15, -0.1) is 0 Å². The van der Waals surface area contributed by atoms with Gasteiger partial charge in [0.2, 0.25) is 11.9 Å². The van der Waals surface area contributed by atoms with Crippen molar-refractivity contribution >= 4 is 34.0 Å². The van der Waals surface area contributed by atoms with Gasteiger partial charge in [0.15, 0.2) is 0 Å². The number of benzene rings is 2. The molecule has 0 aliphatic heterocycles.